The summed E-state index contributed by atoms with van der Waals surface area (Å²) < 4.78 is 2.77. The maximum atomic E-state index is 11.5. The zero-order valence-corrected chi connectivity index (χ0v) is 10.6. The molecule has 0 radical (unpaired) electrons. The minimum absolute atomic E-state index is 0.0539. The van der Waals surface area contributed by atoms with E-state index in [0.29, 0.717) is 0 Å². The van der Waals surface area contributed by atoms with Crippen molar-refractivity contribution in [3.63, 3.8) is 0 Å². The van der Waals surface area contributed by atoms with Crippen molar-refractivity contribution < 1.29 is 4.79 Å². The molecule has 1 aromatic carbocycles. The van der Waals surface area contributed by atoms with Crippen LogP contribution in [0.3, 0.4) is 0 Å². The van der Waals surface area contributed by atoms with E-state index in [1.54, 1.807) is 11.5 Å². The molecule has 0 saturated heterocycles. The van der Waals surface area contributed by atoms with Crippen LogP contribution in [-0.2, 0) is 0 Å². The lowest BCUT2D eigenvalue weighted by Crippen LogP contribution is -2.06. The van der Waals surface area contributed by atoms with E-state index >= 15 is 0 Å². The smallest absolute Gasteiger partial charge is 0.228 e. The van der Waals surface area contributed by atoms with Gasteiger partial charge in [0.25, 0.3) is 0 Å². The first-order chi connectivity index (χ1) is 7.00. The van der Waals surface area contributed by atoms with E-state index in [-0.39, 0.29) is 5.91 Å². The van der Waals surface area contributed by atoms with E-state index in [0.717, 1.165) is 21.1 Å². The van der Waals surface area contributed by atoms with E-state index in [1.807, 2.05) is 26.0 Å². The predicted molar refractivity (Wildman–Crippen MR) is 65.4 cm³/mol. The minimum atomic E-state index is 0.0539. The number of carbonyl (C=O) groups excluding carboxylic acids is 1. The molecule has 0 spiro atoms. The highest BCUT2D eigenvalue weighted by molar-refractivity contribution is 9.10. The van der Waals surface area contributed by atoms with E-state index in [1.165, 1.54) is 5.56 Å². The molecule has 78 valence electrons. The van der Waals surface area contributed by atoms with Gasteiger partial charge in [-0.3, -0.25) is 9.36 Å². The van der Waals surface area contributed by atoms with Crippen molar-refractivity contribution in [1.82, 2.24) is 4.57 Å². The first-order valence-electron chi connectivity index (χ1n) is 4.80. The summed E-state index contributed by atoms with van der Waals surface area (Å²) in [6.07, 6.45) is 0. The van der Waals surface area contributed by atoms with Crippen LogP contribution < -0.4 is 0 Å². The molecule has 0 aliphatic carbocycles. The molecule has 0 N–H and O–H groups in total. The predicted octanol–water partition coefficient (Wildman–Crippen LogP) is 3.68. The first kappa shape index (κ1) is 10.4. The maximum absolute atomic E-state index is 11.5. The lowest BCUT2D eigenvalue weighted by atomic mass is 10.2. The summed E-state index contributed by atoms with van der Waals surface area (Å²) in [5.74, 6) is 0.0539. The lowest BCUT2D eigenvalue weighted by molar-refractivity contribution is 0.0940. The van der Waals surface area contributed by atoms with Crippen molar-refractivity contribution in [3.8, 4) is 0 Å². The van der Waals surface area contributed by atoms with Crippen LogP contribution in [0, 0.1) is 13.8 Å². The van der Waals surface area contributed by atoms with Gasteiger partial charge in [-0.15, -0.1) is 0 Å². The van der Waals surface area contributed by atoms with E-state index in [2.05, 4.69) is 22.0 Å². The molecule has 0 unspecified atom stereocenters. The second-order valence-electron chi connectivity index (χ2n) is 3.80. The molecular weight excluding hydrogens is 254 g/mol. The Hall–Kier alpha value is -1.09. The first-order valence-corrected chi connectivity index (χ1v) is 5.59. The van der Waals surface area contributed by atoms with Crippen LogP contribution in [0.2, 0.25) is 0 Å². The molecular formula is C12H12BrNO. The quantitative estimate of drug-likeness (QED) is 0.712. The number of halogens is 1. The number of fused-ring (bicyclic) bond motifs is 1. The van der Waals surface area contributed by atoms with Gasteiger partial charge < -0.3 is 0 Å². The van der Waals surface area contributed by atoms with Crippen molar-refractivity contribution in [2.75, 3.05) is 0 Å². The van der Waals surface area contributed by atoms with Crippen LogP contribution in [0.25, 0.3) is 10.9 Å². The highest BCUT2D eigenvalue weighted by atomic mass is 79.9. The molecule has 1 heterocycles. The Bertz CT molecular complexity index is 554. The van der Waals surface area contributed by atoms with Crippen LogP contribution in [0.5, 0.6) is 0 Å². The average Bonchev–Trinajstić information content (AvgIpc) is 2.41. The van der Waals surface area contributed by atoms with Gasteiger partial charge in [-0.1, -0.05) is 15.9 Å². The number of aromatic nitrogens is 1. The summed E-state index contributed by atoms with van der Waals surface area (Å²) in [5, 5.41) is 1.11. The molecule has 0 saturated carbocycles. The minimum Gasteiger partial charge on any atom is -0.285 e. The molecule has 0 fully saturated rings. The van der Waals surface area contributed by atoms with Crippen molar-refractivity contribution >= 4 is 32.7 Å². The van der Waals surface area contributed by atoms with Crippen LogP contribution in [0.15, 0.2) is 22.7 Å². The van der Waals surface area contributed by atoms with Gasteiger partial charge in [0.15, 0.2) is 0 Å². The summed E-state index contributed by atoms with van der Waals surface area (Å²) in [6.45, 7) is 5.58. The summed E-state index contributed by atoms with van der Waals surface area (Å²) in [5.41, 5.74) is 3.13. The van der Waals surface area contributed by atoms with Gasteiger partial charge >= 0.3 is 0 Å². The summed E-state index contributed by atoms with van der Waals surface area (Å²) >= 11 is 3.48. The molecule has 1 aromatic heterocycles. The van der Waals surface area contributed by atoms with Crippen molar-refractivity contribution in [2.24, 2.45) is 0 Å². The third-order valence-electron chi connectivity index (χ3n) is 2.58. The van der Waals surface area contributed by atoms with E-state index in [9.17, 15) is 4.79 Å². The summed E-state index contributed by atoms with van der Waals surface area (Å²) in [4.78, 5) is 11.5. The Kier molecular flexibility index (Phi) is 2.43. The number of carbonyl (C=O) groups is 1. The summed E-state index contributed by atoms with van der Waals surface area (Å²) in [7, 11) is 0. The Balaban J connectivity index is 2.87. The Morgan fingerprint density at radius 3 is 2.53 bits per heavy atom. The van der Waals surface area contributed by atoms with Gasteiger partial charge in [0, 0.05) is 22.5 Å². The van der Waals surface area contributed by atoms with Crippen LogP contribution in [0.4, 0.5) is 0 Å². The molecule has 2 nitrogen and oxygen atoms in total. The standard InChI is InChI=1S/C12H12BrNO/c1-7-4-10-5-8(2)14(9(3)15)12(10)6-11(7)13/h4-6H,1-3H3. The largest absolute Gasteiger partial charge is 0.285 e. The molecule has 15 heavy (non-hydrogen) atoms. The van der Waals surface area contributed by atoms with Gasteiger partial charge in [-0.25, -0.2) is 0 Å². The van der Waals surface area contributed by atoms with Gasteiger partial charge in [-0.2, -0.15) is 0 Å². The van der Waals surface area contributed by atoms with Crippen molar-refractivity contribution in [1.29, 1.82) is 0 Å². The molecule has 2 aromatic rings. The van der Waals surface area contributed by atoms with Gasteiger partial charge in [0.05, 0.1) is 5.52 Å². The maximum Gasteiger partial charge on any atom is 0.228 e. The Morgan fingerprint density at radius 2 is 1.93 bits per heavy atom. The fourth-order valence-corrected chi connectivity index (χ4v) is 2.23. The molecule has 3 heteroatoms. The van der Waals surface area contributed by atoms with E-state index < -0.39 is 0 Å². The van der Waals surface area contributed by atoms with Gasteiger partial charge in [-0.05, 0) is 37.6 Å². The van der Waals surface area contributed by atoms with Crippen molar-refractivity contribution in [2.45, 2.75) is 20.8 Å². The zero-order valence-electron chi connectivity index (χ0n) is 8.97. The highest BCUT2D eigenvalue weighted by Crippen LogP contribution is 2.26. The van der Waals surface area contributed by atoms with Crippen molar-refractivity contribution in [3.05, 3.63) is 33.9 Å². The fraction of sp³-hybridized carbons (Fsp3) is 0.250. The third kappa shape index (κ3) is 1.61. The zero-order chi connectivity index (χ0) is 11.2. The Labute approximate surface area is 97.0 Å². The third-order valence-corrected chi connectivity index (χ3v) is 3.44. The van der Waals surface area contributed by atoms with Crippen LogP contribution in [0.1, 0.15) is 23.0 Å². The molecule has 0 aliphatic heterocycles. The van der Waals surface area contributed by atoms with E-state index in [4.69, 9.17) is 0 Å². The molecule has 0 aliphatic rings. The van der Waals surface area contributed by atoms with Crippen LogP contribution in [-0.4, -0.2) is 10.5 Å². The van der Waals surface area contributed by atoms with Gasteiger partial charge in [0.2, 0.25) is 5.91 Å². The second kappa shape index (κ2) is 3.49. The number of hydrogen-bond acceptors (Lipinski definition) is 1. The number of nitrogens with zero attached hydrogens (tertiary/aromatic N) is 1. The molecule has 0 amide bonds. The summed E-state index contributed by atoms with van der Waals surface area (Å²) in [6, 6.07) is 6.13. The number of benzene rings is 1. The van der Waals surface area contributed by atoms with Crippen LogP contribution >= 0.6 is 15.9 Å². The van der Waals surface area contributed by atoms with Gasteiger partial charge in [0.1, 0.15) is 0 Å². The monoisotopic (exact) mass is 265 g/mol. The molecule has 0 atom stereocenters. The Morgan fingerprint density at radius 1 is 1.27 bits per heavy atom. The topological polar surface area (TPSA) is 22.0 Å². The lowest BCUT2D eigenvalue weighted by Gasteiger charge is -2.04. The highest BCUT2D eigenvalue weighted by Gasteiger charge is 2.10. The molecule has 0 bridgehead atoms. The average molecular weight is 266 g/mol. The SMILES string of the molecule is CC(=O)n1c(C)cc2cc(C)c(Br)cc21. The normalized spacial score (nSPS) is 10.9. The fourth-order valence-electron chi connectivity index (χ4n) is 1.90. The number of aryl methyl sites for hydroxylation is 2. The number of rotatable bonds is 0. The molecule has 2 rings (SSSR count). The second-order valence-corrected chi connectivity index (χ2v) is 4.65. The number of hydrogen-bond donors (Lipinski definition) is 0.